The van der Waals surface area contributed by atoms with Crippen LogP contribution >= 0.6 is 15.9 Å². The fourth-order valence-corrected chi connectivity index (χ4v) is 5.60. The molecule has 0 atom stereocenters. The van der Waals surface area contributed by atoms with E-state index in [-0.39, 0.29) is 0 Å². The maximum absolute atomic E-state index is 7.25. The van der Waals surface area contributed by atoms with E-state index in [0.717, 1.165) is 37.9 Å². The van der Waals surface area contributed by atoms with Crippen LogP contribution in [-0.4, -0.2) is 13.2 Å². The number of ether oxygens (including phenoxy) is 3. The fourth-order valence-electron chi connectivity index (χ4n) is 5.09. The summed E-state index contributed by atoms with van der Waals surface area (Å²) >= 11 is 3.71. The number of rotatable bonds is 7. The maximum atomic E-state index is 7.25. The van der Waals surface area contributed by atoms with Crippen LogP contribution in [0.2, 0.25) is 0 Å². The van der Waals surface area contributed by atoms with Crippen molar-refractivity contribution in [3.8, 4) is 16.9 Å². The average molecular weight is 563 g/mol. The summed E-state index contributed by atoms with van der Waals surface area (Å²) in [5.41, 5.74) is 5.22. The Morgan fingerprint density at radius 3 is 1.63 bits per heavy atom. The van der Waals surface area contributed by atoms with Crippen LogP contribution in [0.3, 0.4) is 0 Å². The van der Waals surface area contributed by atoms with Crippen molar-refractivity contribution in [2.24, 2.45) is 0 Å². The molecule has 5 aromatic carbocycles. The van der Waals surface area contributed by atoms with E-state index in [2.05, 4.69) is 107 Å². The first-order valence-corrected chi connectivity index (χ1v) is 13.5. The van der Waals surface area contributed by atoms with Crippen molar-refractivity contribution in [3.05, 3.63) is 160 Å². The van der Waals surface area contributed by atoms with Gasteiger partial charge in [-0.05, 0) is 29.3 Å². The molecular weight excluding hydrogens is 536 g/mol. The van der Waals surface area contributed by atoms with Crippen molar-refractivity contribution in [1.82, 2.24) is 0 Å². The Hall–Kier alpha value is -3.70. The molecule has 38 heavy (non-hydrogen) atoms. The third-order valence-corrected chi connectivity index (χ3v) is 7.57. The molecule has 0 amide bonds. The molecule has 0 saturated carbocycles. The largest absolute Gasteiger partial charge is 0.473 e. The van der Waals surface area contributed by atoms with Gasteiger partial charge in [0.2, 0.25) is 0 Å². The highest BCUT2D eigenvalue weighted by Crippen LogP contribution is 2.45. The van der Waals surface area contributed by atoms with Gasteiger partial charge in [0.15, 0.2) is 11.9 Å². The van der Waals surface area contributed by atoms with E-state index in [1.165, 1.54) is 0 Å². The van der Waals surface area contributed by atoms with Gasteiger partial charge in [-0.15, -0.1) is 0 Å². The van der Waals surface area contributed by atoms with Gasteiger partial charge in [0, 0.05) is 21.2 Å². The van der Waals surface area contributed by atoms with Crippen molar-refractivity contribution in [2.75, 3.05) is 13.2 Å². The Morgan fingerprint density at radius 1 is 0.605 bits per heavy atom. The summed E-state index contributed by atoms with van der Waals surface area (Å²) in [6.07, 6.45) is -0.507. The Kier molecular flexibility index (Phi) is 7.10. The molecule has 4 heteroatoms. The third-order valence-electron chi connectivity index (χ3n) is 6.87. The van der Waals surface area contributed by atoms with Gasteiger partial charge in [-0.2, -0.15) is 0 Å². The molecule has 0 bridgehead atoms. The zero-order valence-electron chi connectivity index (χ0n) is 20.8. The molecule has 0 aromatic heterocycles. The number of benzene rings is 5. The standard InChI is InChI=1S/C34H27BrO3/c35-31-19-11-10-18-29(31)25-20-21-32(30(24-25)33-36-22-23-37-33)38-34(26-12-4-1-5-13-26,27-14-6-2-7-15-27)28-16-8-3-9-17-28/h1-21,24,33H,22-23H2. The van der Waals surface area contributed by atoms with Crippen LogP contribution in [0.5, 0.6) is 5.75 Å². The molecule has 1 aliphatic heterocycles. The second-order valence-corrected chi connectivity index (χ2v) is 10.0. The molecule has 1 saturated heterocycles. The molecule has 5 aromatic rings. The van der Waals surface area contributed by atoms with Gasteiger partial charge in [-0.25, -0.2) is 0 Å². The fraction of sp³-hybridized carbons (Fsp3) is 0.118. The minimum Gasteiger partial charge on any atom is -0.473 e. The molecule has 0 N–H and O–H groups in total. The van der Waals surface area contributed by atoms with Crippen LogP contribution in [-0.2, 0) is 15.1 Å². The molecule has 1 fully saturated rings. The summed E-state index contributed by atoms with van der Waals surface area (Å²) in [5, 5.41) is 0. The summed E-state index contributed by atoms with van der Waals surface area (Å²) in [4.78, 5) is 0. The summed E-state index contributed by atoms with van der Waals surface area (Å²) < 4.78 is 20.3. The van der Waals surface area contributed by atoms with Crippen LogP contribution < -0.4 is 4.74 Å². The van der Waals surface area contributed by atoms with Crippen molar-refractivity contribution >= 4 is 15.9 Å². The lowest BCUT2D eigenvalue weighted by molar-refractivity contribution is -0.0469. The summed E-state index contributed by atoms with van der Waals surface area (Å²) in [5.74, 6) is 0.712. The van der Waals surface area contributed by atoms with Crippen molar-refractivity contribution < 1.29 is 14.2 Å². The highest BCUT2D eigenvalue weighted by atomic mass is 79.9. The van der Waals surface area contributed by atoms with Gasteiger partial charge in [0.1, 0.15) is 5.75 Å². The normalized spacial score (nSPS) is 13.9. The maximum Gasteiger partial charge on any atom is 0.187 e. The lowest BCUT2D eigenvalue weighted by Crippen LogP contribution is -2.36. The summed E-state index contributed by atoms with van der Waals surface area (Å²) in [7, 11) is 0. The van der Waals surface area contributed by atoms with E-state index in [1.54, 1.807) is 0 Å². The lowest BCUT2D eigenvalue weighted by atomic mass is 9.80. The molecule has 1 heterocycles. The first-order chi connectivity index (χ1) is 18.8. The van der Waals surface area contributed by atoms with Gasteiger partial charge in [-0.1, -0.05) is 131 Å². The molecule has 0 radical (unpaired) electrons. The number of hydrogen-bond donors (Lipinski definition) is 0. The van der Waals surface area contributed by atoms with Gasteiger partial charge in [0.05, 0.1) is 18.8 Å². The summed E-state index contributed by atoms with van der Waals surface area (Å²) in [6, 6.07) is 45.6. The zero-order chi connectivity index (χ0) is 25.8. The SMILES string of the molecule is Brc1ccccc1-c1ccc(OC(c2ccccc2)(c2ccccc2)c2ccccc2)c(C2OCCO2)c1. The van der Waals surface area contributed by atoms with Crippen LogP contribution in [0.25, 0.3) is 11.1 Å². The van der Waals surface area contributed by atoms with E-state index in [9.17, 15) is 0 Å². The van der Waals surface area contributed by atoms with E-state index in [0.29, 0.717) is 19.0 Å². The van der Waals surface area contributed by atoms with Gasteiger partial charge in [-0.3, -0.25) is 0 Å². The van der Waals surface area contributed by atoms with E-state index < -0.39 is 11.9 Å². The van der Waals surface area contributed by atoms with Crippen LogP contribution in [0.1, 0.15) is 28.5 Å². The van der Waals surface area contributed by atoms with Gasteiger partial charge in [0.25, 0.3) is 0 Å². The van der Waals surface area contributed by atoms with Crippen LogP contribution in [0.15, 0.2) is 138 Å². The molecule has 0 unspecified atom stereocenters. The third kappa shape index (κ3) is 4.67. The van der Waals surface area contributed by atoms with Crippen molar-refractivity contribution in [2.45, 2.75) is 11.9 Å². The monoisotopic (exact) mass is 562 g/mol. The molecule has 1 aliphatic rings. The van der Waals surface area contributed by atoms with Crippen LogP contribution in [0, 0.1) is 0 Å². The number of halogens is 1. The zero-order valence-corrected chi connectivity index (χ0v) is 22.4. The van der Waals surface area contributed by atoms with E-state index in [1.807, 2.05) is 42.5 Å². The second-order valence-electron chi connectivity index (χ2n) is 9.19. The first kappa shape index (κ1) is 24.6. The molecule has 188 valence electrons. The average Bonchev–Trinajstić information content (AvgIpc) is 3.53. The van der Waals surface area contributed by atoms with Gasteiger partial charge >= 0.3 is 0 Å². The Bertz CT molecular complexity index is 1400. The topological polar surface area (TPSA) is 27.7 Å². The highest BCUT2D eigenvalue weighted by Gasteiger charge is 2.40. The Morgan fingerprint density at radius 2 is 1.11 bits per heavy atom. The van der Waals surface area contributed by atoms with Gasteiger partial charge < -0.3 is 14.2 Å². The Labute approximate surface area is 231 Å². The molecule has 6 rings (SSSR count). The summed E-state index contributed by atoms with van der Waals surface area (Å²) in [6.45, 7) is 1.09. The second kappa shape index (κ2) is 11.0. The molecular formula is C34H27BrO3. The quantitative estimate of drug-likeness (QED) is 0.186. The molecule has 0 spiro atoms. The first-order valence-electron chi connectivity index (χ1n) is 12.7. The molecule has 3 nitrogen and oxygen atoms in total. The van der Waals surface area contributed by atoms with Crippen molar-refractivity contribution in [1.29, 1.82) is 0 Å². The Balaban J connectivity index is 1.57. The predicted molar refractivity (Wildman–Crippen MR) is 154 cm³/mol. The minimum absolute atomic E-state index is 0.507. The van der Waals surface area contributed by atoms with E-state index in [4.69, 9.17) is 14.2 Å². The number of hydrogen-bond acceptors (Lipinski definition) is 3. The van der Waals surface area contributed by atoms with Crippen LogP contribution in [0.4, 0.5) is 0 Å². The van der Waals surface area contributed by atoms with E-state index >= 15 is 0 Å². The molecule has 0 aliphatic carbocycles. The van der Waals surface area contributed by atoms with Crippen molar-refractivity contribution in [3.63, 3.8) is 0 Å². The lowest BCUT2D eigenvalue weighted by Gasteiger charge is -2.37. The minimum atomic E-state index is -0.897. The predicted octanol–water partition coefficient (Wildman–Crippen LogP) is 8.53. The smallest absolute Gasteiger partial charge is 0.187 e. The highest BCUT2D eigenvalue weighted by molar-refractivity contribution is 9.10.